The molecule has 0 aromatic carbocycles. The molecule has 5 rings (SSSR count). The molecule has 1 aromatic rings. The summed E-state index contributed by atoms with van der Waals surface area (Å²) >= 11 is 0. The third-order valence-electron chi connectivity index (χ3n) is 10.7. The van der Waals surface area contributed by atoms with Crippen molar-refractivity contribution < 1.29 is 19.4 Å². The van der Waals surface area contributed by atoms with Crippen LogP contribution in [0, 0.1) is 28.6 Å². The van der Waals surface area contributed by atoms with E-state index in [4.69, 9.17) is 9.15 Å². The zero-order valence-electron chi connectivity index (χ0n) is 19.5. The third-order valence-corrected chi connectivity index (χ3v) is 10.7. The lowest BCUT2D eigenvalue weighted by molar-refractivity contribution is -0.239. The van der Waals surface area contributed by atoms with Gasteiger partial charge in [0.05, 0.1) is 30.8 Å². The van der Waals surface area contributed by atoms with Gasteiger partial charge in [-0.15, -0.1) is 0 Å². The van der Waals surface area contributed by atoms with Gasteiger partial charge in [-0.25, -0.2) is 0 Å². The molecular weight excluding hydrogens is 390 g/mol. The Morgan fingerprint density at radius 3 is 2.65 bits per heavy atom. The van der Waals surface area contributed by atoms with Crippen molar-refractivity contribution in [3.63, 3.8) is 0 Å². The van der Waals surface area contributed by atoms with Crippen LogP contribution in [-0.2, 0) is 10.3 Å². The smallest absolute Gasteiger partial charge is 0.101 e. The zero-order valence-corrected chi connectivity index (χ0v) is 19.5. The average Bonchev–Trinajstić information content (AvgIpc) is 3.36. The van der Waals surface area contributed by atoms with E-state index in [1.54, 1.807) is 12.5 Å². The van der Waals surface area contributed by atoms with Crippen molar-refractivity contribution in [1.82, 2.24) is 5.32 Å². The summed E-state index contributed by atoms with van der Waals surface area (Å²) in [4.78, 5) is 0. The molecule has 5 nitrogen and oxygen atoms in total. The van der Waals surface area contributed by atoms with E-state index in [1.807, 2.05) is 13.1 Å². The molecule has 8 atom stereocenters. The molecule has 0 aliphatic heterocycles. The summed E-state index contributed by atoms with van der Waals surface area (Å²) in [5, 5.41) is 27.3. The molecule has 0 bridgehead atoms. The van der Waals surface area contributed by atoms with Crippen LogP contribution in [0.5, 0.6) is 0 Å². The first-order chi connectivity index (χ1) is 14.8. The molecule has 4 aliphatic rings. The number of rotatable bonds is 5. The maximum Gasteiger partial charge on any atom is 0.101 e. The molecule has 2 unspecified atom stereocenters. The van der Waals surface area contributed by atoms with Gasteiger partial charge in [0.2, 0.25) is 0 Å². The number of likely N-dealkylation sites (N-methyl/N-ethyl adjacent to an activating group) is 1. The van der Waals surface area contributed by atoms with E-state index < -0.39 is 16.6 Å². The van der Waals surface area contributed by atoms with Gasteiger partial charge in [0.15, 0.2) is 0 Å². The molecule has 0 saturated heterocycles. The fourth-order valence-electron chi connectivity index (χ4n) is 8.65. The predicted molar refractivity (Wildman–Crippen MR) is 119 cm³/mol. The molecular formula is C26H41NO4. The van der Waals surface area contributed by atoms with E-state index in [0.29, 0.717) is 30.8 Å². The molecule has 5 heteroatoms. The summed E-state index contributed by atoms with van der Waals surface area (Å²) in [6.45, 7) is 6.35. The minimum absolute atomic E-state index is 0.273. The Kier molecular flexibility index (Phi) is 5.36. The highest BCUT2D eigenvalue weighted by atomic mass is 16.5. The van der Waals surface area contributed by atoms with E-state index in [0.717, 1.165) is 50.8 Å². The summed E-state index contributed by atoms with van der Waals surface area (Å²) in [5.74, 6) is 1.49. The maximum atomic E-state index is 12.3. The second-order valence-corrected chi connectivity index (χ2v) is 11.5. The topological polar surface area (TPSA) is 74.9 Å². The van der Waals surface area contributed by atoms with Gasteiger partial charge in [-0.05, 0) is 94.1 Å². The highest BCUT2D eigenvalue weighted by molar-refractivity contribution is 5.30. The van der Waals surface area contributed by atoms with Crippen molar-refractivity contribution >= 4 is 0 Å². The van der Waals surface area contributed by atoms with Crippen LogP contribution in [0.4, 0.5) is 0 Å². The molecule has 4 fully saturated rings. The zero-order chi connectivity index (χ0) is 21.9. The number of hydrogen-bond donors (Lipinski definition) is 3. The number of furan rings is 1. The SMILES string of the molecule is CNCCO[C@H]1CC[C@]2(C)C3CC[C@]4(C)[C@@](O)(c5ccoc5)CC[C@]4(O)C3CC[C@@H]2C1. The minimum atomic E-state index is -1.00. The van der Waals surface area contributed by atoms with Crippen LogP contribution in [0.15, 0.2) is 23.0 Å². The van der Waals surface area contributed by atoms with Gasteiger partial charge in [-0.2, -0.15) is 0 Å². The lowest BCUT2D eigenvalue weighted by atomic mass is 9.43. The lowest BCUT2D eigenvalue weighted by Gasteiger charge is -2.64. The molecule has 3 N–H and O–H groups in total. The quantitative estimate of drug-likeness (QED) is 0.609. The van der Waals surface area contributed by atoms with Crippen LogP contribution < -0.4 is 5.32 Å². The Morgan fingerprint density at radius 1 is 1.06 bits per heavy atom. The molecule has 4 saturated carbocycles. The van der Waals surface area contributed by atoms with E-state index in [1.165, 1.54) is 12.8 Å². The maximum absolute atomic E-state index is 12.3. The Morgan fingerprint density at radius 2 is 1.90 bits per heavy atom. The van der Waals surface area contributed by atoms with Crippen molar-refractivity contribution in [1.29, 1.82) is 0 Å². The highest BCUT2D eigenvalue weighted by Gasteiger charge is 2.72. The highest BCUT2D eigenvalue weighted by Crippen LogP contribution is 2.71. The predicted octanol–water partition coefficient (Wildman–Crippen LogP) is 4.23. The molecule has 4 aliphatic carbocycles. The second kappa shape index (κ2) is 7.58. The third kappa shape index (κ3) is 2.96. The number of ether oxygens (including phenoxy) is 1. The van der Waals surface area contributed by atoms with Crippen molar-refractivity contribution in [2.45, 2.75) is 88.9 Å². The fourth-order valence-corrected chi connectivity index (χ4v) is 8.65. The Balaban J connectivity index is 1.38. The average molecular weight is 432 g/mol. The van der Waals surface area contributed by atoms with Gasteiger partial charge in [0.25, 0.3) is 0 Å². The van der Waals surface area contributed by atoms with Gasteiger partial charge in [-0.1, -0.05) is 13.8 Å². The largest absolute Gasteiger partial charge is 0.472 e. The Labute approximate surface area is 186 Å². The number of nitrogens with one attached hydrogen (secondary N) is 1. The van der Waals surface area contributed by atoms with Crippen molar-refractivity contribution in [2.24, 2.45) is 28.6 Å². The summed E-state index contributed by atoms with van der Waals surface area (Å²) in [7, 11) is 1.97. The molecule has 0 radical (unpaired) electrons. The summed E-state index contributed by atoms with van der Waals surface area (Å²) in [6, 6.07) is 1.89. The van der Waals surface area contributed by atoms with Crippen molar-refractivity contribution in [3.8, 4) is 0 Å². The van der Waals surface area contributed by atoms with Crippen molar-refractivity contribution in [3.05, 3.63) is 24.2 Å². The van der Waals surface area contributed by atoms with Crippen LogP contribution in [0.3, 0.4) is 0 Å². The number of aliphatic hydroxyl groups is 2. The van der Waals surface area contributed by atoms with Crippen LogP contribution in [-0.4, -0.2) is 42.1 Å². The lowest BCUT2D eigenvalue weighted by Crippen LogP contribution is -2.64. The monoisotopic (exact) mass is 431 g/mol. The summed E-state index contributed by atoms with van der Waals surface area (Å²) in [6.07, 6.45) is 12.7. The van der Waals surface area contributed by atoms with Crippen LogP contribution in [0.2, 0.25) is 0 Å². The van der Waals surface area contributed by atoms with Gasteiger partial charge in [-0.3, -0.25) is 0 Å². The summed E-state index contributed by atoms with van der Waals surface area (Å²) in [5.41, 5.74) is -1.23. The standard InChI is InChI=1S/C26H41NO4/c1-23-9-6-20(31-15-13-27-3)16-18(23)4-5-22-21(23)7-10-24(2)25(28,11-12-26(22,24)29)19-8-14-30-17-19/h8,14,17-18,20-22,27-29H,4-7,9-13,15-16H2,1-3H3/t18-,20+,21?,22?,23+,24-,25+,26+/m1/s1. The van der Waals surface area contributed by atoms with Gasteiger partial charge in [0.1, 0.15) is 5.60 Å². The molecule has 0 spiro atoms. The van der Waals surface area contributed by atoms with E-state index in [2.05, 4.69) is 19.2 Å². The molecule has 31 heavy (non-hydrogen) atoms. The second-order valence-electron chi connectivity index (χ2n) is 11.5. The molecule has 0 amide bonds. The van der Waals surface area contributed by atoms with Crippen LogP contribution in [0.1, 0.15) is 77.2 Å². The first-order valence-electron chi connectivity index (χ1n) is 12.5. The van der Waals surface area contributed by atoms with Gasteiger partial charge < -0.3 is 24.7 Å². The fraction of sp³-hybridized carbons (Fsp3) is 0.846. The van der Waals surface area contributed by atoms with Gasteiger partial charge in [0, 0.05) is 17.5 Å². The summed E-state index contributed by atoms with van der Waals surface area (Å²) < 4.78 is 11.5. The first-order valence-corrected chi connectivity index (χ1v) is 12.5. The van der Waals surface area contributed by atoms with Crippen LogP contribution in [0.25, 0.3) is 0 Å². The van der Waals surface area contributed by atoms with E-state index in [-0.39, 0.29) is 11.3 Å². The first kappa shape index (κ1) is 21.9. The minimum Gasteiger partial charge on any atom is -0.472 e. The molecule has 174 valence electrons. The molecule has 1 aromatic heterocycles. The van der Waals surface area contributed by atoms with Crippen molar-refractivity contribution in [2.75, 3.05) is 20.2 Å². The Bertz CT molecular complexity index is 782. The molecule has 1 heterocycles. The van der Waals surface area contributed by atoms with E-state index in [9.17, 15) is 10.2 Å². The normalized spacial score (nSPS) is 49.3. The van der Waals surface area contributed by atoms with E-state index >= 15 is 0 Å². The van der Waals surface area contributed by atoms with Crippen LogP contribution >= 0.6 is 0 Å². The number of hydrogen-bond acceptors (Lipinski definition) is 5. The number of fused-ring (bicyclic) bond motifs is 5. The van der Waals surface area contributed by atoms with Gasteiger partial charge >= 0.3 is 0 Å². The Hall–Kier alpha value is -0.880.